The van der Waals surface area contributed by atoms with Crippen LogP contribution in [0.2, 0.25) is 0 Å². The van der Waals surface area contributed by atoms with Crippen molar-refractivity contribution in [2.24, 2.45) is 0 Å². The van der Waals surface area contributed by atoms with Gasteiger partial charge in [-0.2, -0.15) is 0 Å². The molecule has 1 aromatic rings. The van der Waals surface area contributed by atoms with Gasteiger partial charge in [-0.25, -0.2) is 0 Å². The third kappa shape index (κ3) is 2.31. The number of thioether (sulfide) groups is 1. The Bertz CT molecular complexity index is 461. The second kappa shape index (κ2) is 4.91. The Kier molecular flexibility index (Phi) is 3.69. The van der Waals surface area contributed by atoms with Crippen molar-refractivity contribution in [2.75, 3.05) is 17.3 Å². The van der Waals surface area contributed by atoms with E-state index in [-0.39, 0.29) is 11.8 Å². The maximum atomic E-state index is 11.9. The van der Waals surface area contributed by atoms with Crippen LogP contribution in [0, 0.1) is 13.8 Å². The monoisotopic (exact) mass is 269 g/mol. The number of carbonyl (C=O) groups excluding carboxylic acids is 1. The summed E-state index contributed by atoms with van der Waals surface area (Å²) < 4.78 is 0. The van der Waals surface area contributed by atoms with E-state index in [4.69, 9.17) is 11.6 Å². The van der Waals surface area contributed by atoms with Crippen LogP contribution in [0.4, 0.5) is 5.69 Å². The van der Waals surface area contributed by atoms with Crippen molar-refractivity contribution in [3.05, 3.63) is 23.3 Å². The molecule has 92 valence electrons. The fraction of sp³-hybridized carbons (Fsp3) is 0.462. The number of amides is 1. The molecule has 17 heavy (non-hydrogen) atoms. The molecular weight excluding hydrogens is 254 g/mol. The van der Waals surface area contributed by atoms with Crippen LogP contribution < -0.4 is 4.90 Å². The van der Waals surface area contributed by atoms with Gasteiger partial charge in [-0.3, -0.25) is 4.79 Å². The van der Waals surface area contributed by atoms with Gasteiger partial charge in [0.2, 0.25) is 5.91 Å². The van der Waals surface area contributed by atoms with Crippen molar-refractivity contribution >= 4 is 35.0 Å². The van der Waals surface area contributed by atoms with Gasteiger partial charge < -0.3 is 4.90 Å². The topological polar surface area (TPSA) is 20.3 Å². The van der Waals surface area contributed by atoms with Crippen molar-refractivity contribution in [1.29, 1.82) is 0 Å². The quantitative estimate of drug-likeness (QED) is 0.729. The SMILES string of the molecule is Cc1ccc(C)c2c1SC(C)CN2C(=O)CCl. The molecule has 0 bridgehead atoms. The second-order valence-corrected chi connectivity index (χ2v) is 6.16. The highest BCUT2D eigenvalue weighted by atomic mass is 35.5. The summed E-state index contributed by atoms with van der Waals surface area (Å²) in [5.41, 5.74) is 3.43. The predicted molar refractivity (Wildman–Crippen MR) is 74.3 cm³/mol. The zero-order valence-electron chi connectivity index (χ0n) is 10.3. The Morgan fingerprint density at radius 3 is 2.76 bits per heavy atom. The normalized spacial score (nSPS) is 19.1. The summed E-state index contributed by atoms with van der Waals surface area (Å²) in [7, 11) is 0. The first-order chi connectivity index (χ1) is 8.04. The number of rotatable bonds is 1. The Morgan fingerprint density at radius 2 is 2.12 bits per heavy atom. The summed E-state index contributed by atoms with van der Waals surface area (Å²) in [6.45, 7) is 7.02. The minimum atomic E-state index is -0.00577. The van der Waals surface area contributed by atoms with Crippen molar-refractivity contribution in [3.8, 4) is 0 Å². The van der Waals surface area contributed by atoms with Crippen LogP contribution >= 0.6 is 23.4 Å². The van der Waals surface area contributed by atoms with Crippen molar-refractivity contribution in [1.82, 2.24) is 0 Å². The highest BCUT2D eigenvalue weighted by Gasteiger charge is 2.28. The maximum Gasteiger partial charge on any atom is 0.241 e. The van der Waals surface area contributed by atoms with E-state index in [9.17, 15) is 4.79 Å². The van der Waals surface area contributed by atoms with E-state index in [1.54, 1.807) is 0 Å². The first-order valence-corrected chi connectivity index (χ1v) is 7.09. The summed E-state index contributed by atoms with van der Waals surface area (Å²) in [6.07, 6.45) is 0. The second-order valence-electron chi connectivity index (χ2n) is 4.44. The van der Waals surface area contributed by atoms with Gasteiger partial charge in [0.05, 0.1) is 5.69 Å². The molecule has 2 nitrogen and oxygen atoms in total. The van der Waals surface area contributed by atoms with Crippen LogP contribution in [0.5, 0.6) is 0 Å². The molecule has 0 spiro atoms. The van der Waals surface area contributed by atoms with Crippen LogP contribution in [-0.4, -0.2) is 23.6 Å². The number of alkyl halides is 1. The molecule has 0 saturated carbocycles. The van der Waals surface area contributed by atoms with Crippen LogP contribution in [0.15, 0.2) is 17.0 Å². The summed E-state index contributed by atoms with van der Waals surface area (Å²) in [6, 6.07) is 4.18. The fourth-order valence-corrected chi connectivity index (χ4v) is 3.55. The lowest BCUT2D eigenvalue weighted by Crippen LogP contribution is -2.40. The van der Waals surface area contributed by atoms with Crippen molar-refractivity contribution in [2.45, 2.75) is 30.9 Å². The van der Waals surface area contributed by atoms with E-state index >= 15 is 0 Å². The largest absolute Gasteiger partial charge is 0.309 e. The molecule has 1 aliphatic rings. The van der Waals surface area contributed by atoms with Gasteiger partial charge >= 0.3 is 0 Å². The van der Waals surface area contributed by atoms with Gasteiger partial charge in [-0.05, 0) is 25.0 Å². The van der Waals surface area contributed by atoms with E-state index in [0.29, 0.717) is 5.25 Å². The molecule has 0 radical (unpaired) electrons. The van der Waals surface area contributed by atoms with Crippen LogP contribution in [-0.2, 0) is 4.79 Å². The number of aryl methyl sites for hydroxylation is 2. The summed E-state index contributed by atoms with van der Waals surface area (Å²) >= 11 is 7.54. The highest BCUT2D eigenvalue weighted by Crippen LogP contribution is 2.42. The van der Waals surface area contributed by atoms with Crippen LogP contribution in [0.3, 0.4) is 0 Å². The lowest BCUT2D eigenvalue weighted by atomic mass is 10.1. The van der Waals surface area contributed by atoms with Gasteiger partial charge in [0, 0.05) is 16.7 Å². The molecule has 1 heterocycles. The van der Waals surface area contributed by atoms with Gasteiger partial charge in [0.1, 0.15) is 5.88 Å². The first kappa shape index (κ1) is 12.8. The Balaban J connectivity index is 2.55. The molecule has 0 fully saturated rings. The summed E-state index contributed by atoms with van der Waals surface area (Å²) in [4.78, 5) is 15.0. The Morgan fingerprint density at radius 1 is 1.47 bits per heavy atom. The van der Waals surface area contributed by atoms with Crippen LogP contribution in [0.1, 0.15) is 18.1 Å². The molecule has 1 aromatic carbocycles. The summed E-state index contributed by atoms with van der Waals surface area (Å²) in [5, 5.41) is 0.412. The zero-order valence-corrected chi connectivity index (χ0v) is 11.9. The fourth-order valence-electron chi connectivity index (χ4n) is 2.14. The van der Waals surface area contributed by atoms with Gasteiger partial charge in [-0.15, -0.1) is 23.4 Å². The minimum Gasteiger partial charge on any atom is -0.309 e. The average molecular weight is 270 g/mol. The average Bonchev–Trinajstić information content (AvgIpc) is 2.32. The van der Waals surface area contributed by atoms with Crippen LogP contribution in [0.25, 0.3) is 0 Å². The third-order valence-electron chi connectivity index (χ3n) is 2.97. The summed E-state index contributed by atoms with van der Waals surface area (Å²) in [5.74, 6) is 0.0401. The van der Waals surface area contributed by atoms with Crippen molar-refractivity contribution in [3.63, 3.8) is 0 Å². The Hall–Kier alpha value is -0.670. The Labute approximate surface area is 111 Å². The van der Waals surface area contributed by atoms with E-state index in [1.165, 1.54) is 10.5 Å². The van der Waals surface area contributed by atoms with Gasteiger partial charge in [0.15, 0.2) is 0 Å². The number of hydrogen-bond donors (Lipinski definition) is 0. The smallest absolute Gasteiger partial charge is 0.241 e. The van der Waals surface area contributed by atoms with E-state index < -0.39 is 0 Å². The number of hydrogen-bond acceptors (Lipinski definition) is 2. The molecule has 0 aromatic heterocycles. The van der Waals surface area contributed by atoms with E-state index in [2.05, 4.69) is 26.0 Å². The van der Waals surface area contributed by atoms with E-state index in [0.717, 1.165) is 17.8 Å². The number of benzene rings is 1. The molecule has 1 atom stereocenters. The predicted octanol–water partition coefficient (Wildman–Crippen LogP) is 3.37. The van der Waals surface area contributed by atoms with Gasteiger partial charge in [0.25, 0.3) is 0 Å². The molecular formula is C13H16ClNOS. The molecule has 4 heteroatoms. The number of halogens is 1. The molecule has 1 unspecified atom stereocenters. The third-order valence-corrected chi connectivity index (χ3v) is 4.51. The zero-order chi connectivity index (χ0) is 12.6. The number of anilines is 1. The minimum absolute atomic E-state index is 0.00577. The van der Waals surface area contributed by atoms with Gasteiger partial charge in [-0.1, -0.05) is 19.1 Å². The molecule has 0 saturated heterocycles. The number of carbonyl (C=O) groups is 1. The van der Waals surface area contributed by atoms with E-state index in [1.807, 2.05) is 23.6 Å². The van der Waals surface area contributed by atoms with Crippen molar-refractivity contribution < 1.29 is 4.79 Å². The molecule has 2 rings (SSSR count). The lowest BCUT2D eigenvalue weighted by molar-refractivity contribution is -0.116. The maximum absolute atomic E-state index is 11.9. The number of nitrogens with zero attached hydrogens (tertiary/aromatic N) is 1. The molecule has 1 amide bonds. The standard InChI is InChI=1S/C13H16ClNOS/c1-8-4-5-9(2)13-12(8)15(11(16)6-14)7-10(3)17-13/h4-5,10H,6-7H2,1-3H3. The molecule has 0 N–H and O–H groups in total. The molecule has 0 aliphatic carbocycles. The lowest BCUT2D eigenvalue weighted by Gasteiger charge is -2.34. The molecule has 1 aliphatic heterocycles. The number of fused-ring (bicyclic) bond motifs is 1. The highest BCUT2D eigenvalue weighted by molar-refractivity contribution is 8.00. The first-order valence-electron chi connectivity index (χ1n) is 5.67.